The fraction of sp³-hybridized carbons (Fsp3) is 0.375. The van der Waals surface area contributed by atoms with Crippen molar-refractivity contribution in [3.8, 4) is 0 Å². The van der Waals surface area contributed by atoms with E-state index >= 15 is 0 Å². The van der Waals surface area contributed by atoms with E-state index in [2.05, 4.69) is 15.3 Å². The van der Waals surface area contributed by atoms with Crippen LogP contribution in [0.2, 0.25) is 0 Å². The van der Waals surface area contributed by atoms with E-state index in [0.717, 1.165) is 0 Å². The third-order valence-electron chi connectivity index (χ3n) is 3.52. The molecule has 1 amide bonds. The van der Waals surface area contributed by atoms with Crippen LogP contribution in [0.3, 0.4) is 0 Å². The summed E-state index contributed by atoms with van der Waals surface area (Å²) in [6.45, 7) is 1.57. The van der Waals surface area contributed by atoms with Gasteiger partial charge in [0.25, 0.3) is 11.9 Å². The van der Waals surface area contributed by atoms with Gasteiger partial charge in [-0.15, -0.1) is 6.61 Å². The number of halogens is 3. The number of H-pyrrole nitrogens is 1. The molecule has 1 aliphatic rings. The van der Waals surface area contributed by atoms with E-state index in [9.17, 15) is 18.0 Å². The number of carbonyl (C=O) groups excluding carboxylic acids is 1. The van der Waals surface area contributed by atoms with Crippen LogP contribution in [0.25, 0.3) is 10.9 Å². The average molecular weight is 379 g/mol. The Morgan fingerprint density at radius 1 is 1.38 bits per heavy atom. The molecular formula is C16H17F3N3NaO3. The molecule has 1 aromatic carbocycles. The van der Waals surface area contributed by atoms with E-state index in [-0.39, 0.29) is 47.7 Å². The maximum absolute atomic E-state index is 13.6. The Labute approximate surface area is 170 Å². The zero-order chi connectivity index (χ0) is 18.6. The molecule has 2 unspecified atom stereocenters. The summed E-state index contributed by atoms with van der Waals surface area (Å²) in [5, 5.41) is 11.8. The van der Waals surface area contributed by atoms with Gasteiger partial charge in [-0.25, -0.2) is 0 Å². The van der Waals surface area contributed by atoms with Gasteiger partial charge in [0.2, 0.25) is 0 Å². The Morgan fingerprint density at radius 3 is 2.54 bits per heavy atom. The smallest absolute Gasteiger partial charge is 0.855 e. The number of amidine groups is 1. The number of carbonyl (C=O) groups is 1. The van der Waals surface area contributed by atoms with Crippen molar-refractivity contribution in [1.29, 1.82) is 0 Å². The fourth-order valence-electron chi connectivity index (χ4n) is 2.55. The van der Waals surface area contributed by atoms with Crippen LogP contribution < -0.4 is 40.0 Å². The summed E-state index contributed by atoms with van der Waals surface area (Å²) in [5.74, 6) is -3.04. The fourth-order valence-corrected chi connectivity index (χ4v) is 2.55. The second-order valence-corrected chi connectivity index (χ2v) is 5.14. The number of aromatic amines is 1. The normalized spacial score (nSPS) is 17.5. The van der Waals surface area contributed by atoms with Gasteiger partial charge in [-0.05, 0) is 11.6 Å². The molecule has 2 heterocycles. The summed E-state index contributed by atoms with van der Waals surface area (Å²) in [6.07, 6.45) is -5.11. The first-order valence-corrected chi connectivity index (χ1v) is 7.51. The number of ether oxygens (including phenoxy) is 1. The van der Waals surface area contributed by atoms with Crippen LogP contribution in [0, 0.1) is 0 Å². The Bertz CT molecular complexity index is 777. The van der Waals surface area contributed by atoms with Crippen molar-refractivity contribution < 1.29 is 57.4 Å². The van der Waals surface area contributed by atoms with Gasteiger partial charge in [0.05, 0.1) is 0 Å². The standard InChI is InChI=1S/C14H12F3N3O2.C2H5O.Na/c1-18-13-20-12(21)11(22-13)10(14(15,16)17)8-6-19-9-5-3-2-4-7(8)9;1-2-3;/h2-6,10-11,19H,1H3,(H,18,20,21);2H2,1H3;/q;-1;+1. The van der Waals surface area contributed by atoms with E-state index < -0.39 is 24.1 Å². The Hall–Kier alpha value is -1.55. The van der Waals surface area contributed by atoms with Crippen LogP contribution in [0.5, 0.6) is 0 Å². The first-order chi connectivity index (χ1) is 11.8. The minimum atomic E-state index is -4.65. The van der Waals surface area contributed by atoms with Crippen LogP contribution in [0.15, 0.2) is 35.5 Å². The molecule has 0 radical (unpaired) electrons. The number of amides is 1. The minimum Gasteiger partial charge on any atom is -0.855 e. The van der Waals surface area contributed by atoms with Crippen molar-refractivity contribution in [2.24, 2.45) is 4.99 Å². The molecule has 2 atom stereocenters. The number of nitrogens with zero attached hydrogens (tertiary/aromatic N) is 1. The number of benzene rings is 1. The van der Waals surface area contributed by atoms with E-state index in [4.69, 9.17) is 9.84 Å². The molecule has 1 aromatic heterocycles. The monoisotopic (exact) mass is 379 g/mol. The maximum atomic E-state index is 13.6. The molecule has 0 fully saturated rings. The Kier molecular flexibility index (Phi) is 8.14. The van der Waals surface area contributed by atoms with Gasteiger partial charge in [0.15, 0.2) is 6.10 Å². The van der Waals surface area contributed by atoms with E-state index in [0.29, 0.717) is 10.9 Å². The first kappa shape index (κ1) is 22.5. The molecule has 0 aliphatic carbocycles. The number of para-hydroxylation sites is 1. The van der Waals surface area contributed by atoms with Gasteiger partial charge >= 0.3 is 35.7 Å². The number of hydrogen-bond acceptors (Lipinski definition) is 4. The third-order valence-corrected chi connectivity index (χ3v) is 3.52. The number of aromatic nitrogens is 1. The summed E-state index contributed by atoms with van der Waals surface area (Å²) >= 11 is 0. The quantitative estimate of drug-likeness (QED) is 0.634. The molecule has 10 heteroatoms. The predicted octanol–water partition coefficient (Wildman–Crippen LogP) is -1.31. The molecular weight excluding hydrogens is 362 g/mol. The average Bonchev–Trinajstić information content (AvgIpc) is 3.12. The molecule has 6 nitrogen and oxygen atoms in total. The van der Waals surface area contributed by atoms with Crippen LogP contribution in [-0.2, 0) is 9.53 Å². The van der Waals surface area contributed by atoms with Gasteiger partial charge in [0, 0.05) is 24.1 Å². The largest absolute Gasteiger partial charge is 1.00 e. The molecule has 1 aliphatic heterocycles. The molecule has 0 bridgehead atoms. The topological polar surface area (TPSA) is 89.5 Å². The number of fused-ring (bicyclic) bond motifs is 1. The molecule has 0 saturated carbocycles. The van der Waals surface area contributed by atoms with Gasteiger partial charge in [-0.1, -0.05) is 25.1 Å². The second-order valence-electron chi connectivity index (χ2n) is 5.14. The zero-order valence-corrected chi connectivity index (χ0v) is 16.6. The van der Waals surface area contributed by atoms with Gasteiger partial charge in [0.1, 0.15) is 5.92 Å². The maximum Gasteiger partial charge on any atom is 1.00 e. The summed E-state index contributed by atoms with van der Waals surface area (Å²) in [4.78, 5) is 18.0. The number of nitrogens with one attached hydrogen (secondary N) is 2. The molecule has 136 valence electrons. The second kappa shape index (κ2) is 9.40. The molecule has 0 saturated heterocycles. The van der Waals surface area contributed by atoms with Gasteiger partial charge < -0.3 is 20.1 Å². The third kappa shape index (κ3) is 4.79. The van der Waals surface area contributed by atoms with Crippen LogP contribution in [0.4, 0.5) is 13.2 Å². The van der Waals surface area contributed by atoms with Crippen molar-refractivity contribution in [3.05, 3.63) is 36.0 Å². The van der Waals surface area contributed by atoms with Crippen molar-refractivity contribution >= 4 is 22.8 Å². The zero-order valence-electron chi connectivity index (χ0n) is 14.6. The predicted molar refractivity (Wildman–Crippen MR) is 84.0 cm³/mol. The van der Waals surface area contributed by atoms with Crippen molar-refractivity contribution in [1.82, 2.24) is 10.3 Å². The van der Waals surface area contributed by atoms with Crippen LogP contribution >= 0.6 is 0 Å². The SMILES string of the molecule is CC[O-].CNC1=NC(=O)C(C(c2c[nH]c3ccccc23)C(F)(F)F)O1.[Na+]. The van der Waals surface area contributed by atoms with Crippen molar-refractivity contribution in [2.75, 3.05) is 13.7 Å². The Morgan fingerprint density at radius 2 is 2.00 bits per heavy atom. The summed E-state index contributed by atoms with van der Waals surface area (Å²) in [6, 6.07) is 6.38. The summed E-state index contributed by atoms with van der Waals surface area (Å²) < 4.78 is 45.7. The first-order valence-electron chi connectivity index (χ1n) is 7.51. The number of aliphatic imine (C=N–C) groups is 1. The van der Waals surface area contributed by atoms with Crippen LogP contribution in [-0.4, -0.2) is 42.8 Å². The number of rotatable bonds is 2. The molecule has 2 aromatic rings. The van der Waals surface area contributed by atoms with Gasteiger partial charge in [-0.3, -0.25) is 4.79 Å². The Balaban J connectivity index is 0.000000791. The molecule has 3 rings (SSSR count). The van der Waals surface area contributed by atoms with Crippen LogP contribution in [0.1, 0.15) is 18.4 Å². The minimum absolute atomic E-state index is 0. The molecule has 26 heavy (non-hydrogen) atoms. The molecule has 2 N–H and O–H groups in total. The van der Waals surface area contributed by atoms with Crippen molar-refractivity contribution in [2.45, 2.75) is 25.1 Å². The summed E-state index contributed by atoms with van der Waals surface area (Å²) in [7, 11) is 1.42. The van der Waals surface area contributed by atoms with Gasteiger partial charge in [-0.2, -0.15) is 18.2 Å². The summed E-state index contributed by atoms with van der Waals surface area (Å²) in [5.41, 5.74) is 0.529. The number of alkyl halides is 3. The van der Waals surface area contributed by atoms with E-state index in [1.807, 2.05) is 0 Å². The number of hydrogen-bond donors (Lipinski definition) is 2. The van der Waals surface area contributed by atoms with E-state index in [1.165, 1.54) is 13.2 Å². The molecule has 0 spiro atoms. The van der Waals surface area contributed by atoms with E-state index in [1.54, 1.807) is 31.2 Å². The van der Waals surface area contributed by atoms with Crippen molar-refractivity contribution in [3.63, 3.8) is 0 Å².